The number of methoxy groups -OCH3 is 1. The van der Waals surface area contributed by atoms with Crippen molar-refractivity contribution in [2.24, 2.45) is 0 Å². The molecule has 1 saturated heterocycles. The second-order valence-electron chi connectivity index (χ2n) is 4.72. The maximum absolute atomic E-state index is 13.2. The van der Waals surface area contributed by atoms with E-state index in [4.69, 9.17) is 4.74 Å². The number of hydrogen-bond donors (Lipinski definition) is 0. The van der Waals surface area contributed by atoms with Crippen molar-refractivity contribution >= 4 is 5.97 Å². The first-order chi connectivity index (χ1) is 8.61. The summed E-state index contributed by atoms with van der Waals surface area (Å²) in [7, 11) is 1.41. The largest absolute Gasteiger partial charge is 0.468 e. The molecule has 0 aliphatic carbocycles. The van der Waals surface area contributed by atoms with Gasteiger partial charge in [0.05, 0.1) is 7.11 Å². The fourth-order valence-electron chi connectivity index (χ4n) is 2.45. The van der Waals surface area contributed by atoms with Gasteiger partial charge in [-0.1, -0.05) is 6.07 Å². The highest BCUT2D eigenvalue weighted by Gasteiger charge is 2.31. The Morgan fingerprint density at radius 3 is 3.06 bits per heavy atom. The van der Waals surface area contributed by atoms with Gasteiger partial charge in [-0.2, -0.15) is 0 Å². The van der Waals surface area contributed by atoms with E-state index >= 15 is 0 Å². The monoisotopic (exact) mass is 251 g/mol. The van der Waals surface area contributed by atoms with Crippen LogP contribution in [-0.4, -0.2) is 30.6 Å². The van der Waals surface area contributed by atoms with Gasteiger partial charge in [0.15, 0.2) is 0 Å². The summed E-state index contributed by atoms with van der Waals surface area (Å²) in [5.74, 6) is -0.425. The third-order valence-corrected chi connectivity index (χ3v) is 3.52. The fourth-order valence-corrected chi connectivity index (χ4v) is 2.45. The predicted octanol–water partition coefficient (Wildman–Crippen LogP) is 2.27. The number of benzene rings is 1. The van der Waals surface area contributed by atoms with E-state index in [1.165, 1.54) is 13.2 Å². The van der Waals surface area contributed by atoms with Crippen molar-refractivity contribution in [3.63, 3.8) is 0 Å². The molecule has 1 atom stereocenters. The van der Waals surface area contributed by atoms with Crippen LogP contribution in [0.25, 0.3) is 0 Å². The molecule has 0 saturated carbocycles. The van der Waals surface area contributed by atoms with E-state index in [1.54, 1.807) is 12.1 Å². The van der Waals surface area contributed by atoms with E-state index in [2.05, 4.69) is 4.90 Å². The first-order valence-corrected chi connectivity index (χ1v) is 6.18. The first-order valence-electron chi connectivity index (χ1n) is 6.18. The Hall–Kier alpha value is -1.42. The van der Waals surface area contributed by atoms with Gasteiger partial charge in [-0.05, 0) is 49.6 Å². The van der Waals surface area contributed by atoms with Crippen LogP contribution in [0.2, 0.25) is 0 Å². The molecular formula is C14H18FNO2. The molecule has 18 heavy (non-hydrogen) atoms. The zero-order valence-corrected chi connectivity index (χ0v) is 10.8. The summed E-state index contributed by atoms with van der Waals surface area (Å²) >= 11 is 0. The van der Waals surface area contributed by atoms with Crippen LogP contribution in [0.15, 0.2) is 18.2 Å². The van der Waals surface area contributed by atoms with Gasteiger partial charge in [0.25, 0.3) is 0 Å². The summed E-state index contributed by atoms with van der Waals surface area (Å²) in [5.41, 5.74) is 1.98. The zero-order chi connectivity index (χ0) is 13.1. The smallest absolute Gasteiger partial charge is 0.323 e. The van der Waals surface area contributed by atoms with Crippen molar-refractivity contribution < 1.29 is 13.9 Å². The van der Waals surface area contributed by atoms with Gasteiger partial charge in [-0.15, -0.1) is 0 Å². The van der Waals surface area contributed by atoms with Gasteiger partial charge in [-0.25, -0.2) is 4.39 Å². The second kappa shape index (κ2) is 5.48. The van der Waals surface area contributed by atoms with Crippen molar-refractivity contribution in [2.45, 2.75) is 32.4 Å². The molecule has 3 nitrogen and oxygen atoms in total. The zero-order valence-electron chi connectivity index (χ0n) is 10.8. The van der Waals surface area contributed by atoms with E-state index in [0.717, 1.165) is 30.5 Å². The van der Waals surface area contributed by atoms with Crippen molar-refractivity contribution in [1.82, 2.24) is 4.90 Å². The Morgan fingerprint density at radius 2 is 2.33 bits per heavy atom. The molecule has 1 fully saturated rings. The van der Waals surface area contributed by atoms with Crippen LogP contribution in [0.4, 0.5) is 4.39 Å². The molecule has 0 aromatic heterocycles. The minimum Gasteiger partial charge on any atom is -0.468 e. The molecule has 1 aromatic carbocycles. The normalized spacial score (nSPS) is 20.1. The highest BCUT2D eigenvalue weighted by atomic mass is 19.1. The SMILES string of the molecule is COC(=O)C1CCCN1Cc1cc(F)ccc1C. The Bertz CT molecular complexity index is 447. The lowest BCUT2D eigenvalue weighted by Gasteiger charge is -2.23. The number of aryl methyl sites for hydroxylation is 1. The number of carbonyl (C=O) groups is 1. The molecule has 2 rings (SSSR count). The molecule has 1 aliphatic heterocycles. The van der Waals surface area contributed by atoms with Crippen molar-refractivity contribution in [3.05, 3.63) is 35.1 Å². The summed E-state index contributed by atoms with van der Waals surface area (Å²) in [6, 6.07) is 4.59. The quantitative estimate of drug-likeness (QED) is 0.772. The molecule has 0 N–H and O–H groups in total. The number of nitrogens with zero attached hydrogens (tertiary/aromatic N) is 1. The van der Waals surface area contributed by atoms with Gasteiger partial charge in [0.2, 0.25) is 0 Å². The van der Waals surface area contributed by atoms with E-state index in [9.17, 15) is 9.18 Å². The average molecular weight is 251 g/mol. The van der Waals surface area contributed by atoms with Gasteiger partial charge >= 0.3 is 5.97 Å². The van der Waals surface area contributed by atoms with E-state index in [1.807, 2.05) is 6.92 Å². The molecular weight excluding hydrogens is 233 g/mol. The number of hydrogen-bond acceptors (Lipinski definition) is 3. The second-order valence-corrected chi connectivity index (χ2v) is 4.72. The molecule has 0 bridgehead atoms. The first kappa shape index (κ1) is 13.0. The molecule has 0 radical (unpaired) electrons. The Morgan fingerprint density at radius 1 is 1.56 bits per heavy atom. The van der Waals surface area contributed by atoms with Crippen LogP contribution in [0.5, 0.6) is 0 Å². The highest BCUT2D eigenvalue weighted by Crippen LogP contribution is 2.22. The Kier molecular flexibility index (Phi) is 3.97. The highest BCUT2D eigenvalue weighted by molar-refractivity contribution is 5.76. The van der Waals surface area contributed by atoms with Crippen molar-refractivity contribution in [2.75, 3.05) is 13.7 Å². The molecule has 1 heterocycles. The maximum atomic E-state index is 13.2. The van der Waals surface area contributed by atoms with Crippen LogP contribution >= 0.6 is 0 Å². The fraction of sp³-hybridized carbons (Fsp3) is 0.500. The summed E-state index contributed by atoms with van der Waals surface area (Å²) in [5, 5.41) is 0. The number of carbonyl (C=O) groups excluding carboxylic acids is 1. The number of esters is 1. The summed E-state index contributed by atoms with van der Waals surface area (Å²) in [6.07, 6.45) is 1.80. The van der Waals surface area contributed by atoms with Crippen molar-refractivity contribution in [1.29, 1.82) is 0 Å². The van der Waals surface area contributed by atoms with E-state index < -0.39 is 0 Å². The molecule has 98 valence electrons. The van der Waals surface area contributed by atoms with E-state index in [0.29, 0.717) is 6.54 Å². The Balaban J connectivity index is 2.13. The van der Waals surface area contributed by atoms with Crippen LogP contribution in [0.3, 0.4) is 0 Å². The van der Waals surface area contributed by atoms with Crippen LogP contribution < -0.4 is 0 Å². The summed E-state index contributed by atoms with van der Waals surface area (Å²) < 4.78 is 18.0. The molecule has 0 amide bonds. The lowest BCUT2D eigenvalue weighted by Crippen LogP contribution is -2.36. The van der Waals surface area contributed by atoms with Crippen LogP contribution in [0.1, 0.15) is 24.0 Å². The number of rotatable bonds is 3. The van der Waals surface area contributed by atoms with Crippen LogP contribution in [-0.2, 0) is 16.1 Å². The number of halogens is 1. The Labute approximate surface area is 107 Å². The van der Waals surface area contributed by atoms with Crippen LogP contribution in [0, 0.1) is 12.7 Å². The van der Waals surface area contributed by atoms with Gasteiger partial charge < -0.3 is 4.74 Å². The lowest BCUT2D eigenvalue weighted by atomic mass is 10.1. The molecule has 0 spiro atoms. The number of ether oxygens (including phenoxy) is 1. The van der Waals surface area contributed by atoms with Gasteiger partial charge in [-0.3, -0.25) is 9.69 Å². The molecule has 4 heteroatoms. The maximum Gasteiger partial charge on any atom is 0.323 e. The topological polar surface area (TPSA) is 29.5 Å². The third kappa shape index (κ3) is 2.70. The van der Waals surface area contributed by atoms with E-state index in [-0.39, 0.29) is 17.8 Å². The summed E-state index contributed by atoms with van der Waals surface area (Å²) in [6.45, 7) is 3.41. The third-order valence-electron chi connectivity index (χ3n) is 3.52. The average Bonchev–Trinajstić information content (AvgIpc) is 2.81. The van der Waals surface area contributed by atoms with Gasteiger partial charge in [0, 0.05) is 6.54 Å². The standard InChI is InChI=1S/C14H18FNO2/c1-10-5-6-12(15)8-11(10)9-16-7-3-4-13(16)14(17)18-2/h5-6,8,13H,3-4,7,9H2,1-2H3. The lowest BCUT2D eigenvalue weighted by molar-refractivity contribution is -0.146. The minimum absolute atomic E-state index is 0.183. The minimum atomic E-state index is -0.232. The predicted molar refractivity (Wildman–Crippen MR) is 66.6 cm³/mol. The molecule has 1 aromatic rings. The van der Waals surface area contributed by atoms with Gasteiger partial charge in [0.1, 0.15) is 11.9 Å². The number of likely N-dealkylation sites (tertiary alicyclic amines) is 1. The summed E-state index contributed by atoms with van der Waals surface area (Å²) in [4.78, 5) is 13.7. The van der Waals surface area contributed by atoms with Crippen molar-refractivity contribution in [3.8, 4) is 0 Å². The molecule has 1 aliphatic rings. The molecule has 1 unspecified atom stereocenters.